The molecule has 0 radical (unpaired) electrons. The number of aromatic nitrogens is 4. The lowest BCUT2D eigenvalue weighted by Gasteiger charge is -2.24. The predicted octanol–water partition coefficient (Wildman–Crippen LogP) is 5.25. The molecule has 4 heterocycles. The second-order valence-electron chi connectivity index (χ2n) is 11.6. The Balaban J connectivity index is 1.45. The maximum absolute atomic E-state index is 14.8. The zero-order chi connectivity index (χ0) is 29.5. The van der Waals surface area contributed by atoms with Crippen molar-refractivity contribution in [3.8, 4) is 22.4 Å². The SMILES string of the molecule is Cc1cc2nc(C(=O)NC[C@@H]3CN(C(=O)OC(C)(C)C)C[C@@H]3F)cc(-c3ccnn3C)c2c(C)c1-c1ccncc1. The largest absolute Gasteiger partial charge is 0.444 e. The van der Waals surface area contributed by atoms with Crippen LogP contribution in [-0.2, 0) is 11.8 Å². The van der Waals surface area contributed by atoms with Crippen molar-refractivity contribution >= 4 is 22.9 Å². The first-order chi connectivity index (χ1) is 19.4. The number of benzene rings is 1. The van der Waals surface area contributed by atoms with Gasteiger partial charge < -0.3 is 15.0 Å². The van der Waals surface area contributed by atoms with Gasteiger partial charge in [-0.2, -0.15) is 5.10 Å². The number of ether oxygens (including phenoxy) is 1. The van der Waals surface area contributed by atoms with Crippen LogP contribution in [0.15, 0.2) is 48.9 Å². The quantitative estimate of drug-likeness (QED) is 0.359. The van der Waals surface area contributed by atoms with Crippen molar-refractivity contribution in [3.05, 3.63) is 65.7 Å². The Hall–Kier alpha value is -4.34. The van der Waals surface area contributed by atoms with Crippen molar-refractivity contribution in [2.24, 2.45) is 13.0 Å². The summed E-state index contributed by atoms with van der Waals surface area (Å²) in [4.78, 5) is 36.1. The van der Waals surface area contributed by atoms with Crippen molar-refractivity contribution in [1.82, 2.24) is 30.0 Å². The number of likely N-dealkylation sites (tertiary alicyclic amines) is 1. The average molecular weight is 559 g/mol. The summed E-state index contributed by atoms with van der Waals surface area (Å²) in [7, 11) is 1.85. The lowest BCUT2D eigenvalue weighted by Crippen LogP contribution is -2.36. The number of alkyl halides is 1. The highest BCUT2D eigenvalue weighted by atomic mass is 19.1. The van der Waals surface area contributed by atoms with Crippen LogP contribution in [0.3, 0.4) is 0 Å². The predicted molar refractivity (Wildman–Crippen MR) is 155 cm³/mol. The summed E-state index contributed by atoms with van der Waals surface area (Å²) in [5, 5.41) is 8.12. The summed E-state index contributed by atoms with van der Waals surface area (Å²) in [5.41, 5.74) is 6.10. The Morgan fingerprint density at radius 1 is 1.10 bits per heavy atom. The average Bonchev–Trinajstić information content (AvgIpc) is 3.51. The molecule has 214 valence electrons. The Morgan fingerprint density at radius 2 is 1.83 bits per heavy atom. The molecule has 4 aromatic rings. The molecule has 0 aliphatic carbocycles. The molecular formula is C31H35FN6O3. The Labute approximate surface area is 238 Å². The molecule has 0 bridgehead atoms. The van der Waals surface area contributed by atoms with Gasteiger partial charge in [-0.25, -0.2) is 14.2 Å². The highest BCUT2D eigenvalue weighted by Crippen LogP contribution is 2.38. The van der Waals surface area contributed by atoms with Gasteiger partial charge in [0.25, 0.3) is 5.91 Å². The van der Waals surface area contributed by atoms with Crippen LogP contribution in [0.4, 0.5) is 9.18 Å². The highest BCUT2D eigenvalue weighted by molar-refractivity contribution is 6.04. The molecule has 5 rings (SSSR count). The van der Waals surface area contributed by atoms with Crippen molar-refractivity contribution in [3.63, 3.8) is 0 Å². The summed E-state index contributed by atoms with van der Waals surface area (Å²) < 4.78 is 22.0. The fourth-order valence-corrected chi connectivity index (χ4v) is 5.49. The molecule has 10 heteroatoms. The number of nitrogens with zero attached hydrogens (tertiary/aromatic N) is 5. The van der Waals surface area contributed by atoms with Crippen LogP contribution < -0.4 is 5.32 Å². The number of fused-ring (bicyclic) bond motifs is 1. The number of hydrogen-bond acceptors (Lipinski definition) is 6. The third-order valence-corrected chi connectivity index (χ3v) is 7.38. The third kappa shape index (κ3) is 5.77. The molecule has 1 aliphatic rings. The fourth-order valence-electron chi connectivity index (χ4n) is 5.49. The number of carbonyl (C=O) groups is 2. The summed E-state index contributed by atoms with van der Waals surface area (Å²) >= 11 is 0. The molecule has 0 saturated carbocycles. The topological polar surface area (TPSA) is 102 Å². The summed E-state index contributed by atoms with van der Waals surface area (Å²) in [6.45, 7) is 9.56. The molecule has 1 saturated heterocycles. The molecule has 9 nitrogen and oxygen atoms in total. The van der Waals surface area contributed by atoms with Crippen molar-refractivity contribution in [2.45, 2.75) is 46.4 Å². The number of aryl methyl sites for hydroxylation is 3. The molecule has 0 unspecified atom stereocenters. The van der Waals surface area contributed by atoms with Crippen molar-refractivity contribution in [2.75, 3.05) is 19.6 Å². The normalized spacial score (nSPS) is 17.2. The minimum Gasteiger partial charge on any atom is -0.444 e. The van der Waals surface area contributed by atoms with Crippen molar-refractivity contribution < 1.29 is 18.7 Å². The first-order valence-corrected chi connectivity index (χ1v) is 13.7. The van der Waals surface area contributed by atoms with Crippen LogP contribution in [-0.4, -0.2) is 68.1 Å². The number of hydrogen-bond donors (Lipinski definition) is 1. The lowest BCUT2D eigenvalue weighted by molar-refractivity contribution is 0.0281. The fraction of sp³-hybridized carbons (Fsp3) is 0.387. The standard InChI is InChI=1S/C31H35FN6O3/c1-18-13-24-28(19(2)27(18)20-7-10-33-11-8-20)22(26-9-12-35-37(26)6)14-25(36-24)29(39)34-15-21-16-38(17-23(21)32)30(40)41-31(3,4)5/h7-14,21,23H,15-17H2,1-6H3,(H,34,39)/t21-,23+/m1/s1. The number of pyridine rings is 2. The van der Waals surface area contributed by atoms with E-state index in [1.807, 2.05) is 38.2 Å². The van der Waals surface area contributed by atoms with E-state index in [1.54, 1.807) is 50.1 Å². The minimum atomic E-state index is -1.27. The van der Waals surface area contributed by atoms with Gasteiger partial charge in [-0.05, 0) is 87.2 Å². The minimum absolute atomic E-state index is 0.0628. The molecule has 1 fully saturated rings. The third-order valence-electron chi connectivity index (χ3n) is 7.38. The van der Waals surface area contributed by atoms with Gasteiger partial charge in [0.15, 0.2) is 0 Å². The second-order valence-corrected chi connectivity index (χ2v) is 11.6. The number of carbonyl (C=O) groups excluding carboxylic acids is 2. The summed E-state index contributed by atoms with van der Waals surface area (Å²) in [6, 6.07) is 9.61. The molecular weight excluding hydrogens is 523 g/mol. The van der Waals surface area contributed by atoms with Gasteiger partial charge in [-0.3, -0.25) is 14.5 Å². The highest BCUT2D eigenvalue weighted by Gasteiger charge is 2.37. The summed E-state index contributed by atoms with van der Waals surface area (Å²) in [5.74, 6) is -0.956. The van der Waals surface area contributed by atoms with E-state index in [-0.39, 0.29) is 25.3 Å². The van der Waals surface area contributed by atoms with Crippen LogP contribution in [0.5, 0.6) is 0 Å². The Morgan fingerprint density at radius 3 is 2.49 bits per heavy atom. The van der Waals surface area contributed by atoms with Gasteiger partial charge >= 0.3 is 6.09 Å². The molecule has 3 aromatic heterocycles. The first-order valence-electron chi connectivity index (χ1n) is 13.7. The summed E-state index contributed by atoms with van der Waals surface area (Å²) in [6.07, 6.45) is 3.43. The molecule has 1 aliphatic heterocycles. The number of rotatable bonds is 5. The van der Waals surface area contributed by atoms with Gasteiger partial charge in [0.2, 0.25) is 0 Å². The van der Waals surface area contributed by atoms with Gasteiger partial charge in [0.05, 0.1) is 17.8 Å². The van der Waals surface area contributed by atoms with Crippen LogP contribution in [0.1, 0.15) is 42.4 Å². The lowest BCUT2D eigenvalue weighted by atomic mass is 9.90. The van der Waals surface area contributed by atoms with E-state index in [0.29, 0.717) is 5.52 Å². The van der Waals surface area contributed by atoms with Gasteiger partial charge in [0, 0.05) is 55.6 Å². The van der Waals surface area contributed by atoms with Crippen LogP contribution >= 0.6 is 0 Å². The van der Waals surface area contributed by atoms with E-state index in [9.17, 15) is 14.0 Å². The molecule has 41 heavy (non-hydrogen) atoms. The van der Waals surface area contributed by atoms with E-state index in [4.69, 9.17) is 9.72 Å². The molecule has 0 spiro atoms. The molecule has 1 aromatic carbocycles. The molecule has 1 N–H and O–H groups in total. The Kier molecular flexibility index (Phi) is 7.50. The monoisotopic (exact) mass is 558 g/mol. The van der Waals surface area contributed by atoms with E-state index in [2.05, 4.69) is 22.3 Å². The Bertz CT molecular complexity index is 1610. The van der Waals surface area contributed by atoms with Gasteiger partial charge in [-0.1, -0.05) is 0 Å². The maximum atomic E-state index is 14.8. The second kappa shape index (κ2) is 10.9. The number of nitrogens with one attached hydrogen (secondary N) is 1. The zero-order valence-electron chi connectivity index (χ0n) is 24.2. The maximum Gasteiger partial charge on any atom is 0.410 e. The molecule has 2 amide bonds. The van der Waals surface area contributed by atoms with Gasteiger partial charge in [-0.15, -0.1) is 0 Å². The zero-order valence-corrected chi connectivity index (χ0v) is 24.2. The van der Waals surface area contributed by atoms with E-state index < -0.39 is 29.7 Å². The van der Waals surface area contributed by atoms with E-state index >= 15 is 0 Å². The smallest absolute Gasteiger partial charge is 0.410 e. The van der Waals surface area contributed by atoms with Gasteiger partial charge in [0.1, 0.15) is 17.5 Å². The van der Waals surface area contributed by atoms with Crippen LogP contribution in [0, 0.1) is 19.8 Å². The van der Waals surface area contributed by atoms with E-state index in [0.717, 1.165) is 38.9 Å². The van der Waals surface area contributed by atoms with Crippen LogP contribution in [0.25, 0.3) is 33.3 Å². The number of amides is 2. The van der Waals surface area contributed by atoms with E-state index in [1.165, 1.54) is 4.90 Å². The first kappa shape index (κ1) is 28.2. The van der Waals surface area contributed by atoms with Crippen LogP contribution in [0.2, 0.25) is 0 Å². The number of halogens is 1. The van der Waals surface area contributed by atoms with Crippen molar-refractivity contribution in [1.29, 1.82) is 0 Å². The molecule has 2 atom stereocenters.